The Morgan fingerprint density at radius 2 is 2.00 bits per heavy atom. The summed E-state index contributed by atoms with van der Waals surface area (Å²) in [6, 6.07) is 7.29. The Morgan fingerprint density at radius 3 is 2.60 bits per heavy atom. The van der Waals surface area contributed by atoms with Gasteiger partial charge >= 0.3 is 5.97 Å². The smallest absolute Gasteiger partial charge is 0.338 e. The summed E-state index contributed by atoms with van der Waals surface area (Å²) in [4.78, 5) is 17.2. The van der Waals surface area contributed by atoms with Crippen LogP contribution in [0, 0.1) is 0 Å². The summed E-state index contributed by atoms with van der Waals surface area (Å²) in [5.74, 6) is 1.45. The van der Waals surface area contributed by atoms with Gasteiger partial charge in [0.2, 0.25) is 0 Å². The maximum absolute atomic E-state index is 12.5. The van der Waals surface area contributed by atoms with Crippen molar-refractivity contribution in [1.29, 1.82) is 0 Å². The van der Waals surface area contributed by atoms with Crippen LogP contribution in [0.25, 0.3) is 0 Å². The van der Waals surface area contributed by atoms with Crippen molar-refractivity contribution in [1.82, 2.24) is 5.32 Å². The van der Waals surface area contributed by atoms with E-state index in [0.717, 1.165) is 40.8 Å². The lowest BCUT2D eigenvalue weighted by molar-refractivity contribution is -0.138. The van der Waals surface area contributed by atoms with Crippen LogP contribution in [0.2, 0.25) is 0 Å². The van der Waals surface area contributed by atoms with Gasteiger partial charge in [-0.3, -0.25) is 0 Å². The molecule has 5 nitrogen and oxygen atoms in total. The van der Waals surface area contributed by atoms with Crippen molar-refractivity contribution in [3.63, 3.8) is 0 Å². The van der Waals surface area contributed by atoms with Gasteiger partial charge in [0.25, 0.3) is 0 Å². The zero-order valence-corrected chi connectivity index (χ0v) is 16.1. The van der Waals surface area contributed by atoms with Crippen molar-refractivity contribution < 1.29 is 14.3 Å². The number of nitrogens with zero attached hydrogens (tertiary/aromatic N) is 1. The van der Waals surface area contributed by atoms with Crippen LogP contribution in [0.1, 0.15) is 45.2 Å². The molecule has 1 aromatic carbocycles. The summed E-state index contributed by atoms with van der Waals surface area (Å²) in [6.07, 6.45) is 2.27. The summed E-state index contributed by atoms with van der Waals surface area (Å²) in [7, 11) is 1.63. The Labute approximate surface area is 153 Å². The van der Waals surface area contributed by atoms with Crippen LogP contribution in [-0.4, -0.2) is 30.6 Å². The van der Waals surface area contributed by atoms with Gasteiger partial charge < -0.3 is 14.8 Å². The van der Waals surface area contributed by atoms with E-state index in [1.54, 1.807) is 18.9 Å². The third-order valence-electron chi connectivity index (χ3n) is 3.88. The second kappa shape index (κ2) is 9.51. The number of carbonyl (C=O) groups is 1. The molecule has 1 heterocycles. The van der Waals surface area contributed by atoms with Gasteiger partial charge in [-0.05, 0) is 38.0 Å². The molecule has 0 spiro atoms. The van der Waals surface area contributed by atoms with Gasteiger partial charge in [0.15, 0.2) is 5.17 Å². The Bertz CT molecular complexity index is 653. The van der Waals surface area contributed by atoms with Crippen LogP contribution in [0.4, 0.5) is 0 Å². The highest BCUT2D eigenvalue weighted by atomic mass is 32.2. The number of nitrogens with one attached hydrogen (secondary N) is 1. The SMILES string of the molecule is CCCCSC1=N[C@H](c2ccc(OC)cc2)C(C(=O)OCC)=C(C)N1. The first kappa shape index (κ1) is 19.4. The van der Waals surface area contributed by atoms with Gasteiger partial charge in [-0.2, -0.15) is 0 Å². The first-order valence-corrected chi connectivity index (χ1v) is 9.58. The molecule has 1 atom stereocenters. The predicted molar refractivity (Wildman–Crippen MR) is 103 cm³/mol. The van der Waals surface area contributed by atoms with Crippen LogP contribution in [-0.2, 0) is 9.53 Å². The molecule has 0 aliphatic carbocycles. The standard InChI is InChI=1S/C19H26N2O3S/c1-5-7-12-25-19-20-13(3)16(18(22)24-6-2)17(21-19)14-8-10-15(23-4)11-9-14/h8-11,17H,5-7,12H2,1-4H3,(H,20,21)/t17-/m1/s1. The second-order valence-electron chi connectivity index (χ2n) is 5.70. The molecule has 1 N–H and O–H groups in total. The molecule has 0 fully saturated rings. The molecule has 0 bridgehead atoms. The van der Waals surface area contributed by atoms with E-state index in [9.17, 15) is 4.79 Å². The molecule has 0 unspecified atom stereocenters. The minimum Gasteiger partial charge on any atom is -0.497 e. The van der Waals surface area contributed by atoms with Crippen LogP contribution >= 0.6 is 11.8 Å². The molecule has 0 radical (unpaired) electrons. The molecule has 25 heavy (non-hydrogen) atoms. The molecule has 1 aliphatic rings. The number of amidine groups is 1. The Hall–Kier alpha value is -1.95. The van der Waals surface area contributed by atoms with Gasteiger partial charge in [0.05, 0.1) is 19.3 Å². The van der Waals surface area contributed by atoms with Crippen LogP contribution in [0.15, 0.2) is 40.5 Å². The number of hydrogen-bond donors (Lipinski definition) is 1. The largest absolute Gasteiger partial charge is 0.497 e. The number of methoxy groups -OCH3 is 1. The third-order valence-corrected chi connectivity index (χ3v) is 4.86. The summed E-state index contributed by atoms with van der Waals surface area (Å²) >= 11 is 1.69. The highest BCUT2D eigenvalue weighted by Gasteiger charge is 2.30. The zero-order valence-electron chi connectivity index (χ0n) is 15.3. The minimum atomic E-state index is -0.365. The number of aliphatic imine (C=N–C) groups is 1. The maximum Gasteiger partial charge on any atom is 0.338 e. The number of ether oxygens (including phenoxy) is 2. The number of carbonyl (C=O) groups excluding carboxylic acids is 1. The van der Waals surface area contributed by atoms with Gasteiger partial charge in [0.1, 0.15) is 11.8 Å². The predicted octanol–water partition coefficient (Wildman–Crippen LogP) is 4.07. The topological polar surface area (TPSA) is 59.9 Å². The quantitative estimate of drug-likeness (QED) is 0.585. The normalized spacial score (nSPS) is 17.0. The number of allylic oxidation sites excluding steroid dienone is 1. The molecule has 0 saturated heterocycles. The van der Waals surface area contributed by atoms with E-state index in [4.69, 9.17) is 14.5 Å². The van der Waals surface area contributed by atoms with E-state index in [0.29, 0.717) is 12.2 Å². The first-order valence-electron chi connectivity index (χ1n) is 8.60. The summed E-state index contributed by atoms with van der Waals surface area (Å²) in [5, 5.41) is 4.10. The lowest BCUT2D eigenvalue weighted by atomic mass is 9.96. The maximum atomic E-state index is 12.5. The van der Waals surface area contributed by atoms with Crippen LogP contribution in [0.3, 0.4) is 0 Å². The van der Waals surface area contributed by atoms with Crippen molar-refractivity contribution >= 4 is 22.9 Å². The molecular weight excluding hydrogens is 336 g/mol. The monoisotopic (exact) mass is 362 g/mol. The molecule has 136 valence electrons. The van der Waals surface area contributed by atoms with E-state index >= 15 is 0 Å². The van der Waals surface area contributed by atoms with E-state index in [2.05, 4.69) is 12.2 Å². The fourth-order valence-corrected chi connectivity index (χ4v) is 3.57. The van der Waals surface area contributed by atoms with Crippen molar-refractivity contribution in [2.24, 2.45) is 4.99 Å². The van der Waals surface area contributed by atoms with Crippen molar-refractivity contribution in [2.75, 3.05) is 19.5 Å². The fourth-order valence-electron chi connectivity index (χ4n) is 2.53. The Morgan fingerprint density at radius 1 is 1.28 bits per heavy atom. The average Bonchev–Trinajstić information content (AvgIpc) is 2.61. The number of unbranched alkanes of at least 4 members (excludes halogenated alkanes) is 1. The highest BCUT2D eigenvalue weighted by molar-refractivity contribution is 8.13. The fraction of sp³-hybridized carbons (Fsp3) is 0.474. The molecule has 0 amide bonds. The Balaban J connectivity index is 2.33. The molecule has 1 aliphatic heterocycles. The molecule has 1 aromatic rings. The molecule has 2 rings (SSSR count). The number of thioether (sulfide) groups is 1. The van der Waals surface area contributed by atoms with E-state index in [1.807, 2.05) is 38.1 Å². The second-order valence-corrected chi connectivity index (χ2v) is 6.78. The van der Waals surface area contributed by atoms with Crippen LogP contribution in [0.5, 0.6) is 5.75 Å². The Kier molecular flexibility index (Phi) is 7.37. The van der Waals surface area contributed by atoms with E-state index in [1.165, 1.54) is 0 Å². The first-order chi connectivity index (χ1) is 12.1. The van der Waals surface area contributed by atoms with E-state index < -0.39 is 0 Å². The highest BCUT2D eigenvalue weighted by Crippen LogP contribution is 2.33. The van der Waals surface area contributed by atoms with Gasteiger partial charge in [0, 0.05) is 11.4 Å². The third kappa shape index (κ3) is 5.01. The lowest BCUT2D eigenvalue weighted by Gasteiger charge is -2.26. The number of esters is 1. The molecule has 0 saturated carbocycles. The lowest BCUT2D eigenvalue weighted by Crippen LogP contribution is -2.30. The number of rotatable bonds is 7. The van der Waals surface area contributed by atoms with E-state index in [-0.39, 0.29) is 12.0 Å². The van der Waals surface area contributed by atoms with Gasteiger partial charge in [-0.25, -0.2) is 9.79 Å². The summed E-state index contributed by atoms with van der Waals surface area (Å²) in [6.45, 7) is 6.22. The zero-order chi connectivity index (χ0) is 18.2. The number of benzene rings is 1. The van der Waals surface area contributed by atoms with Crippen molar-refractivity contribution in [2.45, 2.75) is 39.7 Å². The molecule has 6 heteroatoms. The van der Waals surface area contributed by atoms with Gasteiger partial charge in [-0.15, -0.1) is 0 Å². The van der Waals surface area contributed by atoms with Gasteiger partial charge in [-0.1, -0.05) is 37.2 Å². The molecular formula is C19H26N2O3S. The van der Waals surface area contributed by atoms with Crippen molar-refractivity contribution in [3.05, 3.63) is 41.1 Å². The summed E-state index contributed by atoms with van der Waals surface area (Å²) in [5.41, 5.74) is 2.30. The number of hydrogen-bond acceptors (Lipinski definition) is 6. The van der Waals surface area contributed by atoms with Crippen molar-refractivity contribution in [3.8, 4) is 5.75 Å². The molecule has 0 aromatic heterocycles. The average molecular weight is 362 g/mol. The summed E-state index contributed by atoms with van der Waals surface area (Å²) < 4.78 is 10.5. The minimum absolute atomic E-state index is 0.324. The van der Waals surface area contributed by atoms with Crippen LogP contribution < -0.4 is 10.1 Å².